The van der Waals surface area contributed by atoms with Gasteiger partial charge in [0, 0.05) is 17.6 Å². The first kappa shape index (κ1) is 13.6. The van der Waals surface area contributed by atoms with Gasteiger partial charge in [0.05, 0.1) is 23.7 Å². The van der Waals surface area contributed by atoms with Crippen LogP contribution in [0.3, 0.4) is 0 Å². The summed E-state index contributed by atoms with van der Waals surface area (Å²) < 4.78 is 6.69. The van der Waals surface area contributed by atoms with Gasteiger partial charge in [-0.2, -0.15) is 0 Å². The van der Waals surface area contributed by atoms with Crippen molar-refractivity contribution in [3.05, 3.63) is 53.1 Å². The molecule has 0 radical (unpaired) electrons. The van der Waals surface area contributed by atoms with Crippen molar-refractivity contribution in [2.45, 2.75) is 0 Å². The summed E-state index contributed by atoms with van der Waals surface area (Å²) in [6.07, 6.45) is 0. The summed E-state index contributed by atoms with van der Waals surface area (Å²) in [5.74, 6) is 0.474. The number of esters is 1. The Kier molecular flexibility index (Phi) is 3.39. The molecule has 106 valence electrons. The minimum Gasteiger partial charge on any atom is -0.465 e. The predicted octanol–water partition coefficient (Wildman–Crippen LogP) is 3.68. The van der Waals surface area contributed by atoms with E-state index < -0.39 is 0 Å². The van der Waals surface area contributed by atoms with E-state index in [1.165, 1.54) is 7.11 Å². The number of methoxy groups -OCH3 is 1. The molecule has 3 rings (SSSR count). The van der Waals surface area contributed by atoms with Crippen LogP contribution < -0.4 is 0 Å². The minimum atomic E-state index is -0.349. The van der Waals surface area contributed by atoms with Gasteiger partial charge >= 0.3 is 5.97 Å². The molecule has 0 amide bonds. The van der Waals surface area contributed by atoms with Crippen LogP contribution in [0, 0.1) is 0 Å². The molecule has 1 heterocycles. The second kappa shape index (κ2) is 5.22. The highest BCUT2D eigenvalue weighted by Crippen LogP contribution is 2.25. The number of carbonyl (C=O) groups is 1. The summed E-state index contributed by atoms with van der Waals surface area (Å²) in [5.41, 5.74) is 3.30. The molecular weight excluding hydrogens is 288 g/mol. The zero-order valence-corrected chi connectivity index (χ0v) is 12.4. The summed E-state index contributed by atoms with van der Waals surface area (Å²) in [6, 6.07) is 12.8. The number of hydrogen-bond acceptors (Lipinski definition) is 3. The van der Waals surface area contributed by atoms with E-state index in [2.05, 4.69) is 4.98 Å². The molecule has 4 nitrogen and oxygen atoms in total. The molecular formula is C16H13ClN2O2. The van der Waals surface area contributed by atoms with E-state index in [1.54, 1.807) is 12.1 Å². The zero-order valence-electron chi connectivity index (χ0n) is 11.6. The highest BCUT2D eigenvalue weighted by molar-refractivity contribution is 6.31. The average molecular weight is 301 g/mol. The lowest BCUT2D eigenvalue weighted by atomic mass is 10.1. The van der Waals surface area contributed by atoms with Gasteiger partial charge in [0.15, 0.2) is 0 Å². The first-order valence-electron chi connectivity index (χ1n) is 6.41. The fraction of sp³-hybridized carbons (Fsp3) is 0.125. The van der Waals surface area contributed by atoms with E-state index >= 15 is 0 Å². The van der Waals surface area contributed by atoms with Crippen molar-refractivity contribution in [2.24, 2.45) is 7.05 Å². The Morgan fingerprint density at radius 2 is 1.90 bits per heavy atom. The van der Waals surface area contributed by atoms with Gasteiger partial charge in [-0.1, -0.05) is 23.7 Å². The van der Waals surface area contributed by atoms with Crippen LogP contribution in [0.25, 0.3) is 22.4 Å². The molecule has 0 spiro atoms. The lowest BCUT2D eigenvalue weighted by molar-refractivity contribution is 0.0601. The van der Waals surface area contributed by atoms with Crippen LogP contribution in [0.5, 0.6) is 0 Å². The zero-order chi connectivity index (χ0) is 15.0. The second-order valence-electron chi connectivity index (χ2n) is 4.70. The van der Waals surface area contributed by atoms with E-state index in [0.717, 1.165) is 22.4 Å². The number of imidazole rings is 1. The van der Waals surface area contributed by atoms with Crippen LogP contribution in [0.15, 0.2) is 42.5 Å². The van der Waals surface area contributed by atoms with Crippen LogP contribution in [-0.4, -0.2) is 22.6 Å². The lowest BCUT2D eigenvalue weighted by Gasteiger charge is -2.04. The van der Waals surface area contributed by atoms with Crippen molar-refractivity contribution < 1.29 is 9.53 Å². The number of aromatic nitrogens is 2. The Labute approximate surface area is 126 Å². The van der Waals surface area contributed by atoms with Gasteiger partial charge in [-0.15, -0.1) is 0 Å². The smallest absolute Gasteiger partial charge is 0.337 e. The standard InChI is InChI=1S/C16H13ClN2O2/c1-19-14-8-7-12(17)9-13(14)18-15(19)10-3-5-11(6-4-10)16(20)21-2/h3-9H,1-2H3. The SMILES string of the molecule is COC(=O)c1ccc(-c2nc3cc(Cl)ccc3n2C)cc1. The van der Waals surface area contributed by atoms with Gasteiger partial charge in [0.2, 0.25) is 0 Å². The molecule has 21 heavy (non-hydrogen) atoms. The Morgan fingerprint density at radius 1 is 1.19 bits per heavy atom. The van der Waals surface area contributed by atoms with E-state index in [-0.39, 0.29) is 5.97 Å². The van der Waals surface area contributed by atoms with Gasteiger partial charge in [0.1, 0.15) is 5.82 Å². The summed E-state index contributed by atoms with van der Waals surface area (Å²) in [6.45, 7) is 0. The maximum atomic E-state index is 11.4. The summed E-state index contributed by atoms with van der Waals surface area (Å²) in [5, 5.41) is 0.660. The average Bonchev–Trinajstić information content (AvgIpc) is 2.83. The number of aryl methyl sites for hydroxylation is 1. The number of benzene rings is 2. The van der Waals surface area contributed by atoms with Gasteiger partial charge in [0.25, 0.3) is 0 Å². The predicted molar refractivity (Wildman–Crippen MR) is 82.5 cm³/mol. The summed E-state index contributed by atoms with van der Waals surface area (Å²) in [7, 11) is 3.32. The fourth-order valence-corrected chi connectivity index (χ4v) is 2.47. The number of ether oxygens (including phenoxy) is 1. The number of nitrogens with zero attached hydrogens (tertiary/aromatic N) is 2. The number of carbonyl (C=O) groups excluding carboxylic acids is 1. The summed E-state index contributed by atoms with van der Waals surface area (Å²) >= 11 is 6.00. The Morgan fingerprint density at radius 3 is 2.57 bits per heavy atom. The molecule has 0 N–H and O–H groups in total. The van der Waals surface area contributed by atoms with Crippen LogP contribution in [0.2, 0.25) is 5.02 Å². The molecule has 3 aromatic rings. The maximum Gasteiger partial charge on any atom is 0.337 e. The molecule has 0 aliphatic rings. The third-order valence-corrected chi connectivity index (χ3v) is 3.64. The maximum absolute atomic E-state index is 11.4. The van der Waals surface area contributed by atoms with E-state index in [1.807, 2.05) is 41.9 Å². The normalized spacial score (nSPS) is 10.8. The van der Waals surface area contributed by atoms with Crippen molar-refractivity contribution in [1.29, 1.82) is 0 Å². The first-order valence-corrected chi connectivity index (χ1v) is 6.78. The highest BCUT2D eigenvalue weighted by Gasteiger charge is 2.11. The van der Waals surface area contributed by atoms with E-state index in [4.69, 9.17) is 16.3 Å². The van der Waals surface area contributed by atoms with E-state index in [9.17, 15) is 4.79 Å². The summed E-state index contributed by atoms with van der Waals surface area (Å²) in [4.78, 5) is 16.0. The van der Waals surface area contributed by atoms with Gasteiger partial charge in [-0.25, -0.2) is 9.78 Å². The van der Waals surface area contributed by atoms with Crippen molar-refractivity contribution in [3.8, 4) is 11.4 Å². The van der Waals surface area contributed by atoms with Gasteiger partial charge < -0.3 is 9.30 Å². The number of fused-ring (bicyclic) bond motifs is 1. The van der Waals surface area contributed by atoms with Gasteiger partial charge in [-0.3, -0.25) is 0 Å². The lowest BCUT2D eigenvalue weighted by Crippen LogP contribution is -2.00. The highest BCUT2D eigenvalue weighted by atomic mass is 35.5. The molecule has 0 atom stereocenters. The molecule has 0 aliphatic heterocycles. The molecule has 0 fully saturated rings. The first-order chi connectivity index (χ1) is 10.1. The van der Waals surface area contributed by atoms with Crippen molar-refractivity contribution in [2.75, 3.05) is 7.11 Å². The van der Waals surface area contributed by atoms with Crippen molar-refractivity contribution in [1.82, 2.24) is 9.55 Å². The fourth-order valence-electron chi connectivity index (χ4n) is 2.30. The molecule has 0 unspecified atom stereocenters. The molecule has 0 saturated heterocycles. The van der Waals surface area contributed by atoms with Gasteiger partial charge in [-0.05, 0) is 30.3 Å². The largest absolute Gasteiger partial charge is 0.465 e. The Bertz CT molecular complexity index is 822. The van der Waals surface area contributed by atoms with Crippen molar-refractivity contribution >= 4 is 28.6 Å². The number of halogens is 1. The quantitative estimate of drug-likeness (QED) is 0.678. The van der Waals surface area contributed by atoms with Crippen molar-refractivity contribution in [3.63, 3.8) is 0 Å². The topological polar surface area (TPSA) is 44.1 Å². The monoisotopic (exact) mass is 300 g/mol. The Hall–Kier alpha value is -2.33. The number of hydrogen-bond donors (Lipinski definition) is 0. The van der Waals surface area contributed by atoms with Crippen LogP contribution in [0.4, 0.5) is 0 Å². The third kappa shape index (κ3) is 2.38. The molecule has 0 saturated carbocycles. The van der Waals surface area contributed by atoms with Crippen LogP contribution >= 0.6 is 11.6 Å². The number of rotatable bonds is 2. The molecule has 0 aliphatic carbocycles. The minimum absolute atomic E-state index is 0.349. The molecule has 1 aromatic heterocycles. The van der Waals surface area contributed by atoms with E-state index in [0.29, 0.717) is 10.6 Å². The molecule has 0 bridgehead atoms. The molecule has 2 aromatic carbocycles. The third-order valence-electron chi connectivity index (χ3n) is 3.41. The molecule has 5 heteroatoms. The second-order valence-corrected chi connectivity index (χ2v) is 5.13. The Balaban J connectivity index is 2.08. The van der Waals surface area contributed by atoms with Crippen LogP contribution in [0.1, 0.15) is 10.4 Å². The van der Waals surface area contributed by atoms with Crippen LogP contribution in [-0.2, 0) is 11.8 Å².